The van der Waals surface area contributed by atoms with Crippen LogP contribution in [0.5, 0.6) is 5.88 Å². The molecule has 0 aliphatic heterocycles. The summed E-state index contributed by atoms with van der Waals surface area (Å²) in [4.78, 5) is 14.5. The lowest BCUT2D eigenvalue weighted by Gasteiger charge is -2.09. The zero-order valence-electron chi connectivity index (χ0n) is 11.2. The Morgan fingerprint density at radius 3 is 2.89 bits per heavy atom. The van der Waals surface area contributed by atoms with Crippen molar-refractivity contribution in [3.8, 4) is 5.88 Å². The maximum absolute atomic E-state index is 10.6. The van der Waals surface area contributed by atoms with E-state index in [1.54, 1.807) is 6.20 Å². The van der Waals surface area contributed by atoms with Gasteiger partial charge in [0.25, 0.3) is 0 Å². The number of pyridine rings is 1. The molecule has 1 aliphatic rings. The summed E-state index contributed by atoms with van der Waals surface area (Å²) >= 11 is 0. The summed E-state index contributed by atoms with van der Waals surface area (Å²) in [6.07, 6.45) is 10.2. The van der Waals surface area contributed by atoms with E-state index in [1.165, 1.54) is 38.5 Å². The van der Waals surface area contributed by atoms with E-state index in [0.29, 0.717) is 0 Å². The van der Waals surface area contributed by atoms with Crippen molar-refractivity contribution in [3.63, 3.8) is 0 Å². The van der Waals surface area contributed by atoms with E-state index in [2.05, 4.69) is 9.72 Å². The third-order valence-corrected chi connectivity index (χ3v) is 3.82. The number of hydrogen-bond acceptors (Lipinski definition) is 3. The predicted molar refractivity (Wildman–Crippen MR) is 72.4 cm³/mol. The van der Waals surface area contributed by atoms with Gasteiger partial charge in [0.15, 0.2) is 0 Å². The van der Waals surface area contributed by atoms with Gasteiger partial charge in [0.2, 0.25) is 5.88 Å². The van der Waals surface area contributed by atoms with Gasteiger partial charge in [-0.2, -0.15) is 0 Å². The van der Waals surface area contributed by atoms with Crippen LogP contribution in [0.4, 0.5) is 4.79 Å². The molecule has 1 saturated carbocycles. The highest BCUT2D eigenvalue weighted by Gasteiger charge is 2.14. The Morgan fingerprint density at radius 1 is 1.37 bits per heavy atom. The lowest BCUT2D eigenvalue weighted by Crippen LogP contribution is -2.07. The average molecular weight is 263 g/mol. The lowest BCUT2D eigenvalue weighted by atomic mass is 9.99. The molecule has 1 aliphatic carbocycles. The summed E-state index contributed by atoms with van der Waals surface area (Å²) in [5.74, 6) is 1.15. The molecule has 0 spiro atoms. The van der Waals surface area contributed by atoms with Gasteiger partial charge in [-0.25, -0.2) is 9.78 Å². The maximum atomic E-state index is 10.6. The van der Waals surface area contributed by atoms with E-state index >= 15 is 0 Å². The molecule has 1 fully saturated rings. The highest BCUT2D eigenvalue weighted by Crippen LogP contribution is 2.29. The van der Waals surface area contributed by atoms with Crippen molar-refractivity contribution in [2.75, 3.05) is 0 Å². The molecule has 19 heavy (non-hydrogen) atoms. The Bertz CT molecular complexity index is 414. The van der Waals surface area contributed by atoms with Crippen molar-refractivity contribution in [1.29, 1.82) is 0 Å². The second kappa shape index (κ2) is 7.12. The smallest absolute Gasteiger partial charge is 0.449 e. The van der Waals surface area contributed by atoms with E-state index in [4.69, 9.17) is 5.11 Å². The summed E-state index contributed by atoms with van der Waals surface area (Å²) < 4.78 is 4.68. The average Bonchev–Trinajstić information content (AvgIpc) is 2.89. The SMILES string of the molecule is O=C(O)Oc1ncccc1CCCCC1CCCC1. The van der Waals surface area contributed by atoms with Crippen LogP contribution in [0.1, 0.15) is 50.5 Å². The summed E-state index contributed by atoms with van der Waals surface area (Å²) in [7, 11) is 0. The fourth-order valence-electron chi connectivity index (χ4n) is 2.84. The zero-order valence-corrected chi connectivity index (χ0v) is 11.2. The van der Waals surface area contributed by atoms with Crippen molar-refractivity contribution in [2.24, 2.45) is 5.92 Å². The molecular formula is C15H21NO3. The second-order valence-corrected chi connectivity index (χ2v) is 5.23. The summed E-state index contributed by atoms with van der Waals surface area (Å²) in [5, 5.41) is 8.64. The Balaban J connectivity index is 1.76. The summed E-state index contributed by atoms with van der Waals surface area (Å²) in [6, 6.07) is 3.71. The van der Waals surface area contributed by atoms with Crippen LogP contribution in [0.2, 0.25) is 0 Å². The van der Waals surface area contributed by atoms with Crippen LogP contribution in [0.3, 0.4) is 0 Å². The summed E-state index contributed by atoms with van der Waals surface area (Å²) in [6.45, 7) is 0. The molecule has 0 saturated heterocycles. The summed E-state index contributed by atoms with van der Waals surface area (Å²) in [5.41, 5.74) is 0.885. The van der Waals surface area contributed by atoms with Gasteiger partial charge in [0.1, 0.15) is 0 Å². The third kappa shape index (κ3) is 4.54. The number of carboxylic acid groups (broad SMARTS) is 1. The minimum Gasteiger partial charge on any atom is -0.449 e. The molecule has 2 rings (SSSR count). The highest BCUT2D eigenvalue weighted by molar-refractivity contribution is 5.60. The largest absolute Gasteiger partial charge is 0.512 e. The molecule has 0 aromatic carbocycles. The highest BCUT2D eigenvalue weighted by atomic mass is 16.7. The fourth-order valence-corrected chi connectivity index (χ4v) is 2.84. The molecule has 1 heterocycles. The van der Waals surface area contributed by atoms with Gasteiger partial charge in [-0.05, 0) is 24.8 Å². The quantitative estimate of drug-likeness (QED) is 0.621. The first-order valence-corrected chi connectivity index (χ1v) is 7.10. The van der Waals surface area contributed by atoms with Crippen LogP contribution in [0.15, 0.2) is 18.3 Å². The van der Waals surface area contributed by atoms with Gasteiger partial charge in [0, 0.05) is 11.8 Å². The lowest BCUT2D eigenvalue weighted by molar-refractivity contribution is 0.142. The van der Waals surface area contributed by atoms with Crippen molar-refractivity contribution >= 4 is 6.16 Å². The van der Waals surface area contributed by atoms with Crippen LogP contribution in [-0.2, 0) is 6.42 Å². The second-order valence-electron chi connectivity index (χ2n) is 5.23. The first kappa shape index (κ1) is 13.8. The van der Waals surface area contributed by atoms with Crippen molar-refractivity contribution in [2.45, 2.75) is 51.4 Å². The van der Waals surface area contributed by atoms with Gasteiger partial charge >= 0.3 is 6.16 Å². The van der Waals surface area contributed by atoms with Crippen molar-refractivity contribution in [1.82, 2.24) is 4.98 Å². The van der Waals surface area contributed by atoms with Crippen LogP contribution in [0.25, 0.3) is 0 Å². The van der Waals surface area contributed by atoms with E-state index in [0.717, 1.165) is 24.3 Å². The number of unbranched alkanes of at least 4 members (excludes halogenated alkanes) is 1. The molecule has 0 bridgehead atoms. The van der Waals surface area contributed by atoms with Gasteiger partial charge in [-0.15, -0.1) is 0 Å². The Kier molecular flexibility index (Phi) is 5.19. The van der Waals surface area contributed by atoms with Crippen molar-refractivity contribution in [3.05, 3.63) is 23.9 Å². The van der Waals surface area contributed by atoms with E-state index in [-0.39, 0.29) is 5.88 Å². The number of aromatic nitrogens is 1. The Labute approximate surface area is 113 Å². The minimum absolute atomic E-state index is 0.232. The number of ether oxygens (including phenoxy) is 1. The normalized spacial score (nSPS) is 15.6. The standard InChI is InChI=1S/C15H21NO3/c17-15(18)19-14-13(10-5-11-16-14)9-4-3-8-12-6-1-2-7-12/h5,10-12H,1-4,6-9H2,(H,17,18). The first-order chi connectivity index (χ1) is 9.25. The zero-order chi connectivity index (χ0) is 13.5. The van der Waals surface area contributed by atoms with Gasteiger partial charge in [0.05, 0.1) is 0 Å². The van der Waals surface area contributed by atoms with Crippen LogP contribution in [-0.4, -0.2) is 16.2 Å². The monoisotopic (exact) mass is 263 g/mol. The molecule has 0 unspecified atom stereocenters. The van der Waals surface area contributed by atoms with Crippen LogP contribution in [0, 0.1) is 5.92 Å². The number of rotatable bonds is 6. The number of carbonyl (C=O) groups is 1. The third-order valence-electron chi connectivity index (χ3n) is 3.82. The molecule has 104 valence electrons. The molecule has 1 aromatic rings. The van der Waals surface area contributed by atoms with Crippen molar-refractivity contribution < 1.29 is 14.6 Å². The van der Waals surface area contributed by atoms with Crippen LogP contribution >= 0.6 is 0 Å². The maximum Gasteiger partial charge on any atom is 0.512 e. The molecule has 0 amide bonds. The molecule has 4 nitrogen and oxygen atoms in total. The minimum atomic E-state index is -1.30. The Hall–Kier alpha value is -1.58. The molecule has 1 aromatic heterocycles. The molecule has 0 atom stereocenters. The first-order valence-electron chi connectivity index (χ1n) is 7.10. The van der Waals surface area contributed by atoms with E-state index in [9.17, 15) is 4.79 Å². The fraction of sp³-hybridized carbons (Fsp3) is 0.600. The molecular weight excluding hydrogens is 242 g/mol. The van der Waals surface area contributed by atoms with Gasteiger partial charge < -0.3 is 9.84 Å². The molecule has 1 N–H and O–H groups in total. The van der Waals surface area contributed by atoms with Gasteiger partial charge in [-0.3, -0.25) is 0 Å². The molecule has 4 heteroatoms. The number of nitrogens with zero attached hydrogens (tertiary/aromatic N) is 1. The topological polar surface area (TPSA) is 59.4 Å². The van der Waals surface area contributed by atoms with E-state index in [1.807, 2.05) is 12.1 Å². The Morgan fingerprint density at radius 2 is 2.16 bits per heavy atom. The number of aryl methyl sites for hydroxylation is 1. The van der Waals surface area contributed by atoms with Gasteiger partial charge in [-0.1, -0.05) is 44.6 Å². The number of hydrogen-bond donors (Lipinski definition) is 1. The van der Waals surface area contributed by atoms with E-state index < -0.39 is 6.16 Å². The predicted octanol–water partition coefficient (Wildman–Crippen LogP) is 4.04. The van der Waals surface area contributed by atoms with Crippen LogP contribution < -0.4 is 4.74 Å². The molecule has 0 radical (unpaired) electrons.